The minimum absolute atomic E-state index is 0.311. The normalized spacial score (nSPS) is 16.3. The van der Waals surface area contributed by atoms with Crippen molar-refractivity contribution in [2.75, 3.05) is 7.11 Å². The second kappa shape index (κ2) is 4.81. The first-order valence-corrected chi connectivity index (χ1v) is 4.63. The van der Waals surface area contributed by atoms with Gasteiger partial charge in [-0.2, -0.15) is 52.7 Å². The summed E-state index contributed by atoms with van der Waals surface area (Å²) in [6.45, 7) is -0.969. The number of halogens is 12. The van der Waals surface area contributed by atoms with Gasteiger partial charge in [-0.15, -0.1) is 0 Å². The highest BCUT2D eigenvalue weighted by molar-refractivity contribution is 5.09. The maximum atomic E-state index is 12.8. The van der Waals surface area contributed by atoms with Gasteiger partial charge in [0.05, 0.1) is 0 Å². The van der Waals surface area contributed by atoms with Gasteiger partial charge in [0.15, 0.2) is 0 Å². The summed E-state index contributed by atoms with van der Waals surface area (Å²) in [7, 11) is -0.311. The number of alkyl halides is 12. The second-order valence-corrected chi connectivity index (χ2v) is 3.91. The van der Waals surface area contributed by atoms with Crippen molar-refractivity contribution in [3.8, 4) is 0 Å². The highest BCUT2D eigenvalue weighted by Gasteiger charge is 2.89. The van der Waals surface area contributed by atoms with Crippen LogP contribution in [0.1, 0.15) is 6.92 Å². The summed E-state index contributed by atoms with van der Waals surface area (Å²) in [5.74, 6) is -35.2. The molecular formula is C8H6F12O. The zero-order chi connectivity index (χ0) is 17.7. The standard InChI is InChI=1S/C8H6F12O/c1-3(9,10)4(11,12)5(13,14)6(15,16)7(17,18)8(19,20)21-2/h1-2H3. The summed E-state index contributed by atoms with van der Waals surface area (Å²) < 4.78 is 154. The van der Waals surface area contributed by atoms with E-state index in [1.165, 1.54) is 0 Å². The fourth-order valence-electron chi connectivity index (χ4n) is 0.981. The van der Waals surface area contributed by atoms with Crippen LogP contribution in [0.4, 0.5) is 52.7 Å². The van der Waals surface area contributed by atoms with Gasteiger partial charge in [0, 0.05) is 14.0 Å². The summed E-state index contributed by atoms with van der Waals surface area (Å²) >= 11 is 0. The number of hydrogen-bond donors (Lipinski definition) is 0. The van der Waals surface area contributed by atoms with Crippen LogP contribution >= 0.6 is 0 Å². The first-order valence-electron chi connectivity index (χ1n) is 4.63. The zero-order valence-corrected chi connectivity index (χ0v) is 9.94. The van der Waals surface area contributed by atoms with E-state index in [9.17, 15) is 52.7 Å². The third-order valence-corrected chi connectivity index (χ3v) is 2.36. The Morgan fingerprint density at radius 2 is 0.810 bits per heavy atom. The number of methoxy groups -OCH3 is 1. The molecule has 0 aliphatic heterocycles. The van der Waals surface area contributed by atoms with Crippen LogP contribution in [0.15, 0.2) is 0 Å². The predicted molar refractivity (Wildman–Crippen MR) is 42.4 cm³/mol. The van der Waals surface area contributed by atoms with Crippen LogP contribution in [0.3, 0.4) is 0 Å². The topological polar surface area (TPSA) is 9.23 Å². The van der Waals surface area contributed by atoms with Crippen LogP contribution in [-0.2, 0) is 4.74 Å². The van der Waals surface area contributed by atoms with E-state index in [0.717, 1.165) is 0 Å². The van der Waals surface area contributed by atoms with Crippen LogP contribution in [0.25, 0.3) is 0 Å². The third kappa shape index (κ3) is 2.52. The van der Waals surface area contributed by atoms with Gasteiger partial charge in [0.2, 0.25) is 0 Å². The molecule has 0 rings (SSSR count). The van der Waals surface area contributed by atoms with Gasteiger partial charge in [-0.25, -0.2) is 0 Å². The minimum Gasteiger partial charge on any atom is -0.319 e. The van der Waals surface area contributed by atoms with Gasteiger partial charge in [-0.1, -0.05) is 0 Å². The molecule has 0 aliphatic carbocycles. The lowest BCUT2D eigenvalue weighted by molar-refractivity contribution is -0.453. The molecule has 0 aromatic heterocycles. The molecule has 0 amide bonds. The van der Waals surface area contributed by atoms with E-state index in [-0.39, 0.29) is 7.11 Å². The highest BCUT2D eigenvalue weighted by atomic mass is 19.4. The van der Waals surface area contributed by atoms with E-state index in [2.05, 4.69) is 4.74 Å². The average molecular weight is 346 g/mol. The van der Waals surface area contributed by atoms with Crippen LogP contribution in [0.5, 0.6) is 0 Å². The molecule has 1 nitrogen and oxygen atoms in total. The van der Waals surface area contributed by atoms with Gasteiger partial charge in [-0.05, 0) is 0 Å². The molecule has 0 atom stereocenters. The SMILES string of the molecule is COC(F)(F)C(F)(F)C(F)(F)C(F)(F)C(F)(F)C(C)(F)F. The Morgan fingerprint density at radius 3 is 1.05 bits per heavy atom. The van der Waals surface area contributed by atoms with Crippen molar-refractivity contribution in [1.29, 1.82) is 0 Å². The predicted octanol–water partition coefficient (Wildman–Crippen LogP) is 4.42. The summed E-state index contributed by atoms with van der Waals surface area (Å²) in [5.41, 5.74) is 0. The Hall–Kier alpha value is -0.880. The summed E-state index contributed by atoms with van der Waals surface area (Å²) in [6.07, 6.45) is -6.32. The zero-order valence-electron chi connectivity index (χ0n) is 9.94. The Labute approximate surface area is 108 Å². The Bertz CT molecular complexity index is 381. The molecular weight excluding hydrogens is 340 g/mol. The quantitative estimate of drug-likeness (QED) is 0.647. The van der Waals surface area contributed by atoms with Gasteiger partial charge >= 0.3 is 35.7 Å². The maximum Gasteiger partial charge on any atom is 0.425 e. The largest absolute Gasteiger partial charge is 0.425 e. The molecule has 21 heavy (non-hydrogen) atoms. The molecule has 0 spiro atoms. The molecule has 0 fully saturated rings. The fraction of sp³-hybridized carbons (Fsp3) is 1.00. The van der Waals surface area contributed by atoms with Crippen molar-refractivity contribution in [3.63, 3.8) is 0 Å². The summed E-state index contributed by atoms with van der Waals surface area (Å²) in [6, 6.07) is 0. The van der Waals surface area contributed by atoms with E-state index in [0.29, 0.717) is 0 Å². The molecule has 0 aliphatic rings. The van der Waals surface area contributed by atoms with Crippen LogP contribution in [-0.4, -0.2) is 42.8 Å². The maximum absolute atomic E-state index is 12.8. The van der Waals surface area contributed by atoms with E-state index in [1.807, 2.05) is 0 Å². The molecule has 0 bridgehead atoms. The summed E-state index contributed by atoms with van der Waals surface area (Å²) in [5, 5.41) is 0. The number of ether oxygens (including phenoxy) is 1. The molecule has 0 radical (unpaired) electrons. The molecule has 13 heteroatoms. The van der Waals surface area contributed by atoms with E-state index in [4.69, 9.17) is 0 Å². The molecule has 128 valence electrons. The lowest BCUT2D eigenvalue weighted by atomic mass is 9.94. The first-order chi connectivity index (χ1) is 8.81. The van der Waals surface area contributed by atoms with Crippen LogP contribution < -0.4 is 0 Å². The van der Waals surface area contributed by atoms with Crippen molar-refractivity contribution in [2.24, 2.45) is 0 Å². The van der Waals surface area contributed by atoms with Gasteiger partial charge in [-0.3, -0.25) is 0 Å². The smallest absolute Gasteiger partial charge is 0.319 e. The van der Waals surface area contributed by atoms with Gasteiger partial charge in [0.1, 0.15) is 0 Å². The Morgan fingerprint density at radius 1 is 0.524 bits per heavy atom. The molecule has 0 N–H and O–H groups in total. The first kappa shape index (κ1) is 20.1. The highest BCUT2D eigenvalue weighted by Crippen LogP contribution is 2.59. The van der Waals surface area contributed by atoms with Crippen molar-refractivity contribution >= 4 is 0 Å². The Balaban J connectivity index is 6.14. The van der Waals surface area contributed by atoms with Crippen molar-refractivity contribution < 1.29 is 57.4 Å². The second-order valence-electron chi connectivity index (χ2n) is 3.91. The molecule has 0 saturated carbocycles. The molecule has 0 saturated heterocycles. The molecule has 0 aromatic carbocycles. The van der Waals surface area contributed by atoms with E-state index < -0.39 is 42.6 Å². The Kier molecular flexibility index (Phi) is 4.61. The monoisotopic (exact) mass is 346 g/mol. The van der Waals surface area contributed by atoms with Crippen LogP contribution in [0.2, 0.25) is 0 Å². The van der Waals surface area contributed by atoms with Crippen molar-refractivity contribution in [2.45, 2.75) is 42.6 Å². The summed E-state index contributed by atoms with van der Waals surface area (Å²) in [4.78, 5) is 0. The lowest BCUT2D eigenvalue weighted by Gasteiger charge is -2.40. The van der Waals surface area contributed by atoms with E-state index in [1.54, 1.807) is 0 Å². The molecule has 0 heterocycles. The van der Waals surface area contributed by atoms with Gasteiger partial charge < -0.3 is 4.74 Å². The minimum atomic E-state index is -7.55. The molecule has 0 aromatic rings. The number of rotatable bonds is 6. The lowest BCUT2D eigenvalue weighted by Crippen LogP contribution is -2.70. The van der Waals surface area contributed by atoms with E-state index >= 15 is 0 Å². The van der Waals surface area contributed by atoms with Crippen molar-refractivity contribution in [1.82, 2.24) is 0 Å². The molecule has 0 unspecified atom stereocenters. The van der Waals surface area contributed by atoms with Crippen LogP contribution in [0, 0.1) is 0 Å². The average Bonchev–Trinajstić information content (AvgIpc) is 2.26. The van der Waals surface area contributed by atoms with Gasteiger partial charge in [0.25, 0.3) is 0 Å². The third-order valence-electron chi connectivity index (χ3n) is 2.36. The fourth-order valence-corrected chi connectivity index (χ4v) is 0.981. The van der Waals surface area contributed by atoms with Crippen molar-refractivity contribution in [3.05, 3.63) is 0 Å². The number of hydrogen-bond acceptors (Lipinski definition) is 1.